The molecule has 0 aromatic heterocycles. The predicted molar refractivity (Wildman–Crippen MR) is 60.9 cm³/mol. The van der Waals surface area contributed by atoms with Crippen LogP contribution in [0.1, 0.15) is 12.0 Å². The molecule has 1 fully saturated rings. The zero-order valence-electron chi connectivity index (χ0n) is 9.15. The highest BCUT2D eigenvalue weighted by Crippen LogP contribution is 2.16. The molecule has 1 aliphatic rings. The maximum absolute atomic E-state index is 5.87. The van der Waals surface area contributed by atoms with E-state index in [0.717, 1.165) is 31.8 Å². The Balaban J connectivity index is 1.98. The van der Waals surface area contributed by atoms with Crippen molar-refractivity contribution in [3.63, 3.8) is 0 Å². The summed E-state index contributed by atoms with van der Waals surface area (Å²) in [6, 6.07) is 8.58. The van der Waals surface area contributed by atoms with Crippen LogP contribution in [0.4, 0.5) is 0 Å². The van der Waals surface area contributed by atoms with Crippen LogP contribution in [0.25, 0.3) is 0 Å². The number of hydrogen-bond donors (Lipinski definition) is 1. The van der Waals surface area contributed by atoms with E-state index < -0.39 is 0 Å². The van der Waals surface area contributed by atoms with Crippen LogP contribution in [0.3, 0.4) is 0 Å². The van der Waals surface area contributed by atoms with Crippen LogP contribution in [0.2, 0.25) is 0 Å². The van der Waals surface area contributed by atoms with Crippen molar-refractivity contribution in [3.8, 4) is 5.75 Å². The Labute approximate surface area is 90.8 Å². The summed E-state index contributed by atoms with van der Waals surface area (Å²) in [5.74, 6) is 0.927. The first-order valence-corrected chi connectivity index (χ1v) is 5.39. The summed E-state index contributed by atoms with van der Waals surface area (Å²) >= 11 is 0. The minimum Gasteiger partial charge on any atom is -0.497 e. The van der Waals surface area contributed by atoms with Gasteiger partial charge in [-0.15, -0.1) is 0 Å². The van der Waals surface area contributed by atoms with Gasteiger partial charge in [0.05, 0.1) is 7.11 Å². The average molecular weight is 206 g/mol. The summed E-state index contributed by atoms with van der Waals surface area (Å²) in [5.41, 5.74) is 7.16. The standard InChI is InChI=1S/C12H18N2O/c1-15-12-4-2-3-10(7-12)8-14-6-5-11(13)9-14/h2-4,7,11H,5-6,8-9,13H2,1H3/t11-/m0/s1. The molecule has 1 aromatic carbocycles. The molecule has 0 saturated carbocycles. The average Bonchev–Trinajstić information content (AvgIpc) is 2.64. The van der Waals surface area contributed by atoms with E-state index in [0.29, 0.717) is 6.04 Å². The van der Waals surface area contributed by atoms with Crippen LogP contribution >= 0.6 is 0 Å². The highest BCUT2D eigenvalue weighted by atomic mass is 16.5. The molecule has 1 heterocycles. The van der Waals surface area contributed by atoms with Crippen LogP contribution in [0, 0.1) is 0 Å². The van der Waals surface area contributed by atoms with Gasteiger partial charge in [0.2, 0.25) is 0 Å². The first-order valence-electron chi connectivity index (χ1n) is 5.39. The van der Waals surface area contributed by atoms with E-state index in [-0.39, 0.29) is 0 Å². The topological polar surface area (TPSA) is 38.5 Å². The molecule has 0 aliphatic carbocycles. The van der Waals surface area contributed by atoms with E-state index >= 15 is 0 Å². The normalized spacial score (nSPS) is 21.9. The minimum absolute atomic E-state index is 0.357. The molecule has 1 atom stereocenters. The Hall–Kier alpha value is -1.06. The molecule has 2 N–H and O–H groups in total. The highest BCUT2D eigenvalue weighted by Gasteiger charge is 2.18. The van der Waals surface area contributed by atoms with Gasteiger partial charge in [0.25, 0.3) is 0 Å². The third kappa shape index (κ3) is 2.70. The van der Waals surface area contributed by atoms with Crippen LogP contribution in [0.5, 0.6) is 5.75 Å². The quantitative estimate of drug-likeness (QED) is 0.808. The lowest BCUT2D eigenvalue weighted by molar-refractivity contribution is 0.326. The van der Waals surface area contributed by atoms with Crippen molar-refractivity contribution >= 4 is 0 Å². The minimum atomic E-state index is 0.357. The number of rotatable bonds is 3. The molecule has 0 amide bonds. The van der Waals surface area contributed by atoms with Crippen molar-refractivity contribution in [2.24, 2.45) is 5.73 Å². The number of likely N-dealkylation sites (tertiary alicyclic amines) is 1. The molecule has 1 aromatic rings. The molecular weight excluding hydrogens is 188 g/mol. The molecule has 3 heteroatoms. The van der Waals surface area contributed by atoms with Crippen molar-refractivity contribution in [1.82, 2.24) is 4.90 Å². The summed E-state index contributed by atoms with van der Waals surface area (Å²) in [6.07, 6.45) is 1.12. The fourth-order valence-electron chi connectivity index (χ4n) is 2.04. The Morgan fingerprint density at radius 2 is 2.40 bits per heavy atom. The van der Waals surface area contributed by atoms with Gasteiger partial charge in [0.15, 0.2) is 0 Å². The molecule has 1 saturated heterocycles. The molecule has 0 spiro atoms. The second-order valence-corrected chi connectivity index (χ2v) is 4.14. The van der Waals surface area contributed by atoms with Gasteiger partial charge in [-0.3, -0.25) is 4.90 Å². The van der Waals surface area contributed by atoms with Gasteiger partial charge in [0, 0.05) is 25.7 Å². The number of methoxy groups -OCH3 is 1. The van der Waals surface area contributed by atoms with E-state index in [1.165, 1.54) is 5.56 Å². The van der Waals surface area contributed by atoms with Gasteiger partial charge in [0.1, 0.15) is 5.75 Å². The summed E-state index contributed by atoms with van der Waals surface area (Å²) in [4.78, 5) is 2.39. The van der Waals surface area contributed by atoms with Crippen molar-refractivity contribution in [1.29, 1.82) is 0 Å². The van der Waals surface area contributed by atoms with Crippen LogP contribution in [0.15, 0.2) is 24.3 Å². The Kier molecular flexibility index (Phi) is 3.23. The smallest absolute Gasteiger partial charge is 0.119 e. The molecular formula is C12H18N2O. The van der Waals surface area contributed by atoms with E-state index in [4.69, 9.17) is 10.5 Å². The fourth-order valence-corrected chi connectivity index (χ4v) is 2.04. The number of nitrogens with two attached hydrogens (primary N) is 1. The maximum atomic E-state index is 5.87. The second-order valence-electron chi connectivity index (χ2n) is 4.14. The van der Waals surface area contributed by atoms with E-state index in [1.807, 2.05) is 12.1 Å². The van der Waals surface area contributed by atoms with Crippen molar-refractivity contribution < 1.29 is 4.74 Å². The lowest BCUT2D eigenvalue weighted by atomic mass is 10.2. The third-order valence-electron chi connectivity index (χ3n) is 2.85. The number of ether oxygens (including phenoxy) is 1. The maximum Gasteiger partial charge on any atom is 0.119 e. The van der Waals surface area contributed by atoms with E-state index in [9.17, 15) is 0 Å². The molecule has 3 nitrogen and oxygen atoms in total. The molecule has 82 valence electrons. The number of hydrogen-bond acceptors (Lipinski definition) is 3. The summed E-state index contributed by atoms with van der Waals surface area (Å²) in [5, 5.41) is 0. The second kappa shape index (κ2) is 4.64. The van der Waals surface area contributed by atoms with Crippen molar-refractivity contribution in [2.45, 2.75) is 19.0 Å². The number of nitrogens with zero attached hydrogens (tertiary/aromatic N) is 1. The van der Waals surface area contributed by atoms with Gasteiger partial charge in [-0.2, -0.15) is 0 Å². The largest absolute Gasteiger partial charge is 0.497 e. The van der Waals surface area contributed by atoms with Gasteiger partial charge in [-0.05, 0) is 24.1 Å². The SMILES string of the molecule is COc1cccc(CN2CC[C@H](N)C2)c1. The monoisotopic (exact) mass is 206 g/mol. The summed E-state index contributed by atoms with van der Waals surface area (Å²) < 4.78 is 5.20. The van der Waals surface area contributed by atoms with Gasteiger partial charge in [-0.1, -0.05) is 12.1 Å². The molecule has 15 heavy (non-hydrogen) atoms. The van der Waals surface area contributed by atoms with Gasteiger partial charge >= 0.3 is 0 Å². The number of benzene rings is 1. The van der Waals surface area contributed by atoms with E-state index in [1.54, 1.807) is 7.11 Å². The van der Waals surface area contributed by atoms with Crippen molar-refractivity contribution in [2.75, 3.05) is 20.2 Å². The summed E-state index contributed by atoms with van der Waals surface area (Å²) in [6.45, 7) is 3.10. The zero-order chi connectivity index (χ0) is 10.7. The van der Waals surface area contributed by atoms with Gasteiger partial charge in [-0.25, -0.2) is 0 Å². The highest BCUT2D eigenvalue weighted by molar-refractivity contribution is 5.28. The van der Waals surface area contributed by atoms with Crippen LogP contribution in [-0.4, -0.2) is 31.1 Å². The van der Waals surface area contributed by atoms with E-state index in [2.05, 4.69) is 17.0 Å². The predicted octanol–water partition coefficient (Wildman–Crippen LogP) is 1.23. The molecule has 0 unspecified atom stereocenters. The van der Waals surface area contributed by atoms with Crippen LogP contribution < -0.4 is 10.5 Å². The first-order chi connectivity index (χ1) is 7.28. The molecule has 1 aliphatic heterocycles. The Morgan fingerprint density at radius 3 is 3.07 bits per heavy atom. The lowest BCUT2D eigenvalue weighted by Gasteiger charge is -2.15. The molecule has 0 bridgehead atoms. The summed E-state index contributed by atoms with van der Waals surface area (Å²) in [7, 11) is 1.70. The van der Waals surface area contributed by atoms with Crippen molar-refractivity contribution in [3.05, 3.63) is 29.8 Å². The third-order valence-corrected chi connectivity index (χ3v) is 2.85. The fraction of sp³-hybridized carbons (Fsp3) is 0.500. The zero-order valence-corrected chi connectivity index (χ0v) is 9.15. The van der Waals surface area contributed by atoms with Crippen LogP contribution in [-0.2, 0) is 6.54 Å². The first kappa shape index (κ1) is 10.5. The molecule has 0 radical (unpaired) electrons. The Bertz CT molecular complexity index is 327. The lowest BCUT2D eigenvalue weighted by Crippen LogP contribution is -2.26. The Morgan fingerprint density at radius 1 is 1.53 bits per heavy atom. The molecule has 2 rings (SSSR count). The van der Waals surface area contributed by atoms with Gasteiger partial charge < -0.3 is 10.5 Å².